The zero-order chi connectivity index (χ0) is 8.72. The molecule has 2 rings (SSSR count). The normalized spacial score (nSPS) is 10.8. The topological polar surface area (TPSA) is 20.2 Å². The van der Waals surface area contributed by atoms with Crippen LogP contribution in [0.15, 0.2) is 26.5 Å². The summed E-state index contributed by atoms with van der Waals surface area (Å²) in [6.07, 6.45) is 0. The van der Waals surface area contributed by atoms with Crippen molar-refractivity contribution in [1.29, 1.82) is 0 Å². The van der Waals surface area contributed by atoms with Crippen molar-refractivity contribution in [2.45, 2.75) is 0 Å². The molecule has 1 N–H and O–H groups in total. The van der Waals surface area contributed by atoms with E-state index in [2.05, 4.69) is 31.9 Å². The first kappa shape index (κ1) is 8.53. The molecule has 1 aromatic heterocycles. The van der Waals surface area contributed by atoms with Crippen molar-refractivity contribution in [3.8, 4) is 5.75 Å². The lowest BCUT2D eigenvalue weighted by Gasteiger charge is -2.00. The molecule has 1 aromatic carbocycles. The van der Waals surface area contributed by atoms with Crippen LogP contribution in [0.25, 0.3) is 10.1 Å². The molecule has 2 aromatic rings. The van der Waals surface area contributed by atoms with Crippen LogP contribution in [0.1, 0.15) is 0 Å². The Kier molecular flexibility index (Phi) is 2.14. The Morgan fingerprint density at radius 3 is 2.83 bits per heavy atom. The maximum atomic E-state index is 9.54. The first-order valence-corrected chi connectivity index (χ1v) is 5.71. The number of rotatable bonds is 0. The van der Waals surface area contributed by atoms with Gasteiger partial charge in [-0.25, -0.2) is 0 Å². The molecule has 0 fully saturated rings. The van der Waals surface area contributed by atoms with Gasteiger partial charge in [-0.1, -0.05) is 0 Å². The van der Waals surface area contributed by atoms with Crippen LogP contribution in [0.3, 0.4) is 0 Å². The van der Waals surface area contributed by atoms with E-state index >= 15 is 0 Å². The zero-order valence-corrected chi connectivity index (χ0v) is 9.83. The molecule has 0 saturated carbocycles. The van der Waals surface area contributed by atoms with Crippen molar-refractivity contribution in [2.24, 2.45) is 0 Å². The lowest BCUT2D eigenvalue weighted by atomic mass is 10.2. The monoisotopic (exact) mass is 306 g/mol. The average Bonchev–Trinajstić information content (AvgIpc) is 2.48. The predicted molar refractivity (Wildman–Crippen MR) is 58.9 cm³/mol. The molecule has 1 nitrogen and oxygen atoms in total. The van der Waals surface area contributed by atoms with Crippen LogP contribution in [0.5, 0.6) is 5.75 Å². The second-order valence-electron chi connectivity index (χ2n) is 2.36. The summed E-state index contributed by atoms with van der Waals surface area (Å²) in [7, 11) is 0. The number of fused-ring (bicyclic) bond motifs is 1. The van der Waals surface area contributed by atoms with Gasteiger partial charge >= 0.3 is 0 Å². The zero-order valence-electron chi connectivity index (χ0n) is 5.84. The summed E-state index contributed by atoms with van der Waals surface area (Å²) in [4.78, 5) is 0. The van der Waals surface area contributed by atoms with Gasteiger partial charge in [0.2, 0.25) is 0 Å². The van der Waals surface area contributed by atoms with Crippen LogP contribution in [-0.2, 0) is 0 Å². The van der Waals surface area contributed by atoms with E-state index in [0.29, 0.717) is 0 Å². The molecule has 0 aliphatic rings. The Labute approximate surface area is 90.3 Å². The number of halogens is 2. The minimum Gasteiger partial charge on any atom is -0.506 e. The second-order valence-corrected chi connectivity index (χ2v) is 4.92. The summed E-state index contributed by atoms with van der Waals surface area (Å²) in [5.74, 6) is 0.268. The average molecular weight is 308 g/mol. The maximum absolute atomic E-state index is 9.54. The minimum atomic E-state index is 0.268. The molecule has 0 unspecified atom stereocenters. The van der Waals surface area contributed by atoms with Gasteiger partial charge in [-0.05, 0) is 54.8 Å². The van der Waals surface area contributed by atoms with Crippen molar-refractivity contribution >= 4 is 53.3 Å². The molecule has 12 heavy (non-hydrogen) atoms. The van der Waals surface area contributed by atoms with Crippen molar-refractivity contribution in [3.05, 3.63) is 26.5 Å². The summed E-state index contributed by atoms with van der Waals surface area (Å²) < 4.78 is 2.57. The third-order valence-corrected chi connectivity index (χ3v) is 4.20. The van der Waals surface area contributed by atoms with Gasteiger partial charge in [0.05, 0.1) is 13.6 Å². The van der Waals surface area contributed by atoms with Crippen molar-refractivity contribution in [3.63, 3.8) is 0 Å². The Balaban J connectivity index is 2.94. The molecule has 0 atom stereocenters. The van der Waals surface area contributed by atoms with Gasteiger partial charge in [0.25, 0.3) is 0 Å². The Bertz CT molecular complexity index is 436. The highest BCUT2D eigenvalue weighted by Crippen LogP contribution is 2.40. The standard InChI is InChI=1S/C8H4Br2OS/c9-5-3-4-1-2-12-8(4)6(10)7(5)11/h1-3,11H. The van der Waals surface area contributed by atoms with E-state index in [1.165, 1.54) is 0 Å². The second kappa shape index (κ2) is 3.01. The quantitative estimate of drug-likeness (QED) is 0.776. The van der Waals surface area contributed by atoms with E-state index in [1.807, 2.05) is 17.5 Å². The van der Waals surface area contributed by atoms with Crippen LogP contribution in [0.2, 0.25) is 0 Å². The summed E-state index contributed by atoms with van der Waals surface area (Å²) >= 11 is 8.23. The Morgan fingerprint density at radius 2 is 2.08 bits per heavy atom. The molecular weight excluding hydrogens is 304 g/mol. The smallest absolute Gasteiger partial charge is 0.145 e. The van der Waals surface area contributed by atoms with E-state index in [9.17, 15) is 5.11 Å². The molecule has 4 heteroatoms. The number of benzene rings is 1. The fourth-order valence-electron chi connectivity index (χ4n) is 1.03. The highest BCUT2D eigenvalue weighted by atomic mass is 79.9. The number of hydrogen-bond acceptors (Lipinski definition) is 2. The molecule has 1 heterocycles. The van der Waals surface area contributed by atoms with Crippen molar-refractivity contribution in [1.82, 2.24) is 0 Å². The third-order valence-electron chi connectivity index (χ3n) is 1.61. The number of phenolic OH excluding ortho intramolecular Hbond substituents is 1. The van der Waals surface area contributed by atoms with E-state index in [4.69, 9.17) is 0 Å². The number of thiophene rings is 1. The van der Waals surface area contributed by atoms with Gasteiger partial charge in [0.15, 0.2) is 0 Å². The van der Waals surface area contributed by atoms with Crippen molar-refractivity contribution < 1.29 is 5.11 Å². The minimum absolute atomic E-state index is 0.268. The number of hydrogen-bond donors (Lipinski definition) is 1. The molecule has 0 spiro atoms. The highest BCUT2D eigenvalue weighted by Gasteiger charge is 2.08. The summed E-state index contributed by atoms with van der Waals surface area (Å²) in [6, 6.07) is 3.93. The van der Waals surface area contributed by atoms with E-state index in [-0.39, 0.29) is 5.75 Å². The Hall–Kier alpha value is -0.0600. The molecule has 62 valence electrons. The van der Waals surface area contributed by atoms with Crippen LogP contribution >= 0.6 is 43.2 Å². The van der Waals surface area contributed by atoms with Gasteiger partial charge < -0.3 is 5.11 Å². The van der Waals surface area contributed by atoms with Gasteiger partial charge in [0.1, 0.15) is 5.75 Å². The lowest BCUT2D eigenvalue weighted by Crippen LogP contribution is -1.72. The van der Waals surface area contributed by atoms with Gasteiger partial charge in [-0.3, -0.25) is 0 Å². The number of aromatic hydroxyl groups is 1. The summed E-state index contributed by atoms with van der Waals surface area (Å²) in [6.45, 7) is 0. The Morgan fingerprint density at radius 1 is 1.33 bits per heavy atom. The molecule has 0 radical (unpaired) electrons. The number of phenols is 1. The van der Waals surface area contributed by atoms with Gasteiger partial charge in [0, 0.05) is 0 Å². The molecule has 0 amide bonds. The molecule has 0 aliphatic heterocycles. The fraction of sp³-hybridized carbons (Fsp3) is 0. The highest BCUT2D eigenvalue weighted by molar-refractivity contribution is 9.11. The SMILES string of the molecule is Oc1c(Br)cc2ccsc2c1Br. The van der Waals surface area contributed by atoms with E-state index < -0.39 is 0 Å². The first-order valence-electron chi connectivity index (χ1n) is 3.24. The maximum Gasteiger partial charge on any atom is 0.145 e. The molecule has 0 saturated heterocycles. The largest absolute Gasteiger partial charge is 0.506 e. The van der Waals surface area contributed by atoms with Crippen molar-refractivity contribution in [2.75, 3.05) is 0 Å². The fourth-order valence-corrected chi connectivity index (χ4v) is 3.28. The first-order chi connectivity index (χ1) is 5.70. The van der Waals surface area contributed by atoms with Gasteiger partial charge in [-0.2, -0.15) is 0 Å². The van der Waals surface area contributed by atoms with Crippen LogP contribution < -0.4 is 0 Å². The molecular formula is C8H4Br2OS. The van der Waals surface area contributed by atoms with E-state index in [1.54, 1.807) is 11.3 Å². The van der Waals surface area contributed by atoms with E-state index in [0.717, 1.165) is 19.0 Å². The van der Waals surface area contributed by atoms with Crippen LogP contribution in [0, 0.1) is 0 Å². The van der Waals surface area contributed by atoms with Crippen LogP contribution in [0.4, 0.5) is 0 Å². The third kappa shape index (κ3) is 1.18. The predicted octanol–water partition coefficient (Wildman–Crippen LogP) is 4.13. The van der Waals surface area contributed by atoms with Gasteiger partial charge in [-0.15, -0.1) is 11.3 Å². The molecule has 0 bridgehead atoms. The van der Waals surface area contributed by atoms with Crippen LogP contribution in [-0.4, -0.2) is 5.11 Å². The summed E-state index contributed by atoms with van der Waals surface area (Å²) in [5, 5.41) is 12.7. The molecule has 0 aliphatic carbocycles. The lowest BCUT2D eigenvalue weighted by molar-refractivity contribution is 0.469. The summed E-state index contributed by atoms with van der Waals surface area (Å²) in [5.41, 5.74) is 0.